The SMILES string of the molecule is CC(C)CN(CC(F)(F)F)C(=O)c1ccc2[nH]ccc2c1. The smallest absolute Gasteiger partial charge is 0.361 e. The molecule has 0 radical (unpaired) electrons. The van der Waals surface area contributed by atoms with Crippen molar-refractivity contribution in [3.63, 3.8) is 0 Å². The molecular formula is C15H17F3N2O. The van der Waals surface area contributed by atoms with Crippen LogP contribution >= 0.6 is 0 Å². The predicted molar refractivity (Wildman–Crippen MR) is 75.1 cm³/mol. The van der Waals surface area contributed by atoms with Crippen LogP contribution in [-0.2, 0) is 0 Å². The Labute approximate surface area is 120 Å². The van der Waals surface area contributed by atoms with Gasteiger partial charge >= 0.3 is 6.18 Å². The molecule has 1 aromatic carbocycles. The number of aromatic amines is 1. The zero-order valence-electron chi connectivity index (χ0n) is 11.9. The van der Waals surface area contributed by atoms with Crippen molar-refractivity contribution in [2.75, 3.05) is 13.1 Å². The minimum Gasteiger partial charge on any atom is -0.361 e. The number of hydrogen-bond donors (Lipinski definition) is 1. The second kappa shape index (κ2) is 5.79. The van der Waals surface area contributed by atoms with Gasteiger partial charge in [0.15, 0.2) is 0 Å². The van der Waals surface area contributed by atoms with E-state index < -0.39 is 18.6 Å². The summed E-state index contributed by atoms with van der Waals surface area (Å²) >= 11 is 0. The molecule has 0 unspecified atom stereocenters. The van der Waals surface area contributed by atoms with Crippen LogP contribution in [0.2, 0.25) is 0 Å². The largest absolute Gasteiger partial charge is 0.406 e. The molecule has 0 spiro atoms. The second-order valence-electron chi connectivity index (χ2n) is 5.47. The van der Waals surface area contributed by atoms with E-state index in [2.05, 4.69) is 4.98 Å². The van der Waals surface area contributed by atoms with Crippen molar-refractivity contribution in [3.8, 4) is 0 Å². The number of amides is 1. The van der Waals surface area contributed by atoms with Gasteiger partial charge in [-0.05, 0) is 30.2 Å². The zero-order chi connectivity index (χ0) is 15.6. The first-order valence-corrected chi connectivity index (χ1v) is 6.69. The number of aromatic nitrogens is 1. The van der Waals surface area contributed by atoms with Crippen LogP contribution in [0, 0.1) is 5.92 Å². The number of H-pyrrole nitrogens is 1. The minimum atomic E-state index is -4.40. The topological polar surface area (TPSA) is 36.1 Å². The Morgan fingerprint density at radius 1 is 1.29 bits per heavy atom. The van der Waals surface area contributed by atoms with E-state index in [9.17, 15) is 18.0 Å². The van der Waals surface area contributed by atoms with E-state index in [1.165, 1.54) is 0 Å². The van der Waals surface area contributed by atoms with E-state index in [0.29, 0.717) is 0 Å². The molecule has 1 amide bonds. The third-order valence-corrected chi connectivity index (χ3v) is 3.04. The summed E-state index contributed by atoms with van der Waals surface area (Å²) in [6, 6.07) is 6.63. The first-order valence-electron chi connectivity index (χ1n) is 6.69. The van der Waals surface area contributed by atoms with Crippen LogP contribution in [0.25, 0.3) is 10.9 Å². The van der Waals surface area contributed by atoms with Gasteiger partial charge in [0.05, 0.1) is 0 Å². The molecule has 1 N–H and O–H groups in total. The number of alkyl halides is 3. The Morgan fingerprint density at radius 3 is 2.62 bits per heavy atom. The highest BCUT2D eigenvalue weighted by Crippen LogP contribution is 2.21. The molecule has 2 rings (SSSR count). The molecule has 0 fully saturated rings. The fourth-order valence-electron chi connectivity index (χ4n) is 2.25. The number of halogens is 3. The lowest BCUT2D eigenvalue weighted by molar-refractivity contribution is -0.141. The van der Waals surface area contributed by atoms with Gasteiger partial charge in [0.1, 0.15) is 6.54 Å². The Morgan fingerprint density at radius 2 is 2.00 bits per heavy atom. The molecule has 6 heteroatoms. The lowest BCUT2D eigenvalue weighted by atomic mass is 10.1. The highest BCUT2D eigenvalue weighted by Gasteiger charge is 2.33. The normalized spacial score (nSPS) is 12.1. The van der Waals surface area contributed by atoms with Crippen LogP contribution in [0.3, 0.4) is 0 Å². The van der Waals surface area contributed by atoms with Gasteiger partial charge in [-0.25, -0.2) is 0 Å². The molecule has 1 heterocycles. The summed E-state index contributed by atoms with van der Waals surface area (Å²) in [5.74, 6) is -0.628. The number of nitrogens with one attached hydrogen (secondary N) is 1. The Kier molecular flexibility index (Phi) is 4.25. The van der Waals surface area contributed by atoms with Gasteiger partial charge in [-0.15, -0.1) is 0 Å². The Hall–Kier alpha value is -1.98. The molecule has 21 heavy (non-hydrogen) atoms. The number of nitrogens with zero attached hydrogens (tertiary/aromatic N) is 1. The first-order chi connectivity index (χ1) is 9.76. The molecule has 0 saturated carbocycles. The first kappa shape index (κ1) is 15.4. The van der Waals surface area contributed by atoms with Crippen molar-refractivity contribution >= 4 is 16.8 Å². The van der Waals surface area contributed by atoms with E-state index in [-0.39, 0.29) is 18.0 Å². The van der Waals surface area contributed by atoms with E-state index in [1.807, 2.05) is 0 Å². The number of fused-ring (bicyclic) bond motifs is 1. The number of carbonyl (C=O) groups excluding carboxylic acids is 1. The number of hydrogen-bond acceptors (Lipinski definition) is 1. The number of rotatable bonds is 4. The van der Waals surface area contributed by atoms with Crippen LogP contribution in [0.5, 0.6) is 0 Å². The zero-order valence-corrected chi connectivity index (χ0v) is 11.9. The van der Waals surface area contributed by atoms with Gasteiger partial charge in [0.25, 0.3) is 5.91 Å². The molecule has 0 aliphatic carbocycles. The van der Waals surface area contributed by atoms with Crippen LogP contribution in [-0.4, -0.2) is 35.1 Å². The third kappa shape index (κ3) is 4.00. The maximum Gasteiger partial charge on any atom is 0.406 e. The summed E-state index contributed by atoms with van der Waals surface area (Å²) in [5, 5.41) is 0.803. The maximum atomic E-state index is 12.6. The van der Waals surface area contributed by atoms with Crippen LogP contribution in [0.1, 0.15) is 24.2 Å². The van der Waals surface area contributed by atoms with E-state index in [4.69, 9.17) is 0 Å². The van der Waals surface area contributed by atoms with Gasteiger partial charge in [-0.3, -0.25) is 4.79 Å². The van der Waals surface area contributed by atoms with Crippen molar-refractivity contribution in [1.29, 1.82) is 0 Å². The average molecular weight is 298 g/mol. The van der Waals surface area contributed by atoms with Crippen molar-refractivity contribution in [1.82, 2.24) is 9.88 Å². The van der Waals surface area contributed by atoms with Crippen molar-refractivity contribution in [3.05, 3.63) is 36.0 Å². The number of benzene rings is 1. The van der Waals surface area contributed by atoms with Crippen molar-refractivity contribution in [2.24, 2.45) is 5.92 Å². The highest BCUT2D eigenvalue weighted by molar-refractivity contribution is 5.98. The van der Waals surface area contributed by atoms with Gasteiger partial charge in [0.2, 0.25) is 0 Å². The summed E-state index contributed by atoms with van der Waals surface area (Å²) in [6.45, 7) is 2.41. The van der Waals surface area contributed by atoms with Crippen LogP contribution < -0.4 is 0 Å². The fourth-order valence-corrected chi connectivity index (χ4v) is 2.25. The molecule has 0 aliphatic rings. The minimum absolute atomic E-state index is 0.0349. The molecule has 2 aromatic rings. The monoisotopic (exact) mass is 298 g/mol. The second-order valence-corrected chi connectivity index (χ2v) is 5.47. The third-order valence-electron chi connectivity index (χ3n) is 3.04. The maximum absolute atomic E-state index is 12.6. The lowest BCUT2D eigenvalue weighted by Gasteiger charge is -2.25. The van der Waals surface area contributed by atoms with E-state index in [1.54, 1.807) is 44.3 Å². The average Bonchev–Trinajstić information content (AvgIpc) is 2.81. The molecule has 114 valence electrons. The molecule has 3 nitrogen and oxygen atoms in total. The van der Waals surface area contributed by atoms with Gasteiger partial charge < -0.3 is 9.88 Å². The van der Waals surface area contributed by atoms with Crippen molar-refractivity contribution < 1.29 is 18.0 Å². The van der Waals surface area contributed by atoms with Gasteiger partial charge in [0, 0.05) is 29.2 Å². The summed E-state index contributed by atoms with van der Waals surface area (Å²) in [5.41, 5.74) is 1.12. The summed E-state index contributed by atoms with van der Waals surface area (Å²) in [6.07, 6.45) is -2.68. The Balaban J connectivity index is 2.27. The Bertz CT molecular complexity index is 631. The van der Waals surface area contributed by atoms with E-state index in [0.717, 1.165) is 15.8 Å². The standard InChI is InChI=1S/C15H17F3N2O/c1-10(2)8-20(9-15(16,17)18)14(21)12-3-4-13-11(7-12)5-6-19-13/h3-7,10,19H,8-9H2,1-2H3. The van der Waals surface area contributed by atoms with Crippen molar-refractivity contribution in [2.45, 2.75) is 20.0 Å². The molecule has 0 atom stereocenters. The molecule has 0 aliphatic heterocycles. The quantitative estimate of drug-likeness (QED) is 0.915. The van der Waals surface area contributed by atoms with Gasteiger partial charge in [-0.1, -0.05) is 13.8 Å². The highest BCUT2D eigenvalue weighted by atomic mass is 19.4. The summed E-state index contributed by atoms with van der Waals surface area (Å²) < 4.78 is 37.9. The van der Waals surface area contributed by atoms with Crippen LogP contribution in [0.4, 0.5) is 13.2 Å². The molecule has 0 bridgehead atoms. The summed E-state index contributed by atoms with van der Waals surface area (Å²) in [7, 11) is 0. The van der Waals surface area contributed by atoms with Gasteiger partial charge in [-0.2, -0.15) is 13.2 Å². The van der Waals surface area contributed by atoms with E-state index >= 15 is 0 Å². The molecular weight excluding hydrogens is 281 g/mol. The molecule has 1 aromatic heterocycles. The lowest BCUT2D eigenvalue weighted by Crippen LogP contribution is -2.41. The van der Waals surface area contributed by atoms with Crippen LogP contribution in [0.15, 0.2) is 30.5 Å². The fraction of sp³-hybridized carbons (Fsp3) is 0.400. The summed E-state index contributed by atoms with van der Waals surface area (Å²) in [4.78, 5) is 16.2. The predicted octanol–water partition coefficient (Wildman–Crippen LogP) is 3.83. The molecule has 0 saturated heterocycles. The number of carbonyl (C=O) groups is 1.